The van der Waals surface area contributed by atoms with E-state index in [1.54, 1.807) is 6.07 Å². The maximum absolute atomic E-state index is 11.9. The third-order valence-corrected chi connectivity index (χ3v) is 2.84. The van der Waals surface area contributed by atoms with Crippen molar-refractivity contribution in [3.05, 3.63) is 66.2 Å². The van der Waals surface area contributed by atoms with Gasteiger partial charge >= 0.3 is 0 Å². The summed E-state index contributed by atoms with van der Waals surface area (Å²) in [5.41, 5.74) is 2.28. The molecule has 88 valence electrons. The fourth-order valence-corrected chi connectivity index (χ4v) is 1.90. The zero-order valence-electron chi connectivity index (χ0n) is 9.67. The van der Waals surface area contributed by atoms with Crippen LogP contribution in [-0.4, -0.2) is 10.8 Å². The minimum atomic E-state index is 0.0199. The highest BCUT2D eigenvalue weighted by atomic mass is 16.3. The van der Waals surface area contributed by atoms with Gasteiger partial charge in [-0.25, -0.2) is 0 Å². The van der Waals surface area contributed by atoms with Gasteiger partial charge in [0.15, 0.2) is 5.78 Å². The monoisotopic (exact) mass is 237 g/mol. The first-order valence-corrected chi connectivity index (χ1v) is 5.73. The smallest absolute Gasteiger partial charge is 0.172 e. The number of carbonyl (C=O) groups is 1. The summed E-state index contributed by atoms with van der Waals surface area (Å²) in [6.45, 7) is 0. The molecule has 0 radical (unpaired) electrons. The number of pyridine rings is 1. The number of Topliss-reactive ketones (excluding diaryl/α,β-unsaturated/α-hetero) is 1. The highest BCUT2D eigenvalue weighted by Crippen LogP contribution is 2.13. The van der Waals surface area contributed by atoms with Crippen LogP contribution in [0.2, 0.25) is 0 Å². The molecular weight excluding hydrogens is 226 g/mol. The van der Waals surface area contributed by atoms with E-state index in [0.717, 1.165) is 16.6 Å². The van der Waals surface area contributed by atoms with E-state index < -0.39 is 0 Å². The third-order valence-electron chi connectivity index (χ3n) is 2.84. The van der Waals surface area contributed by atoms with Crippen molar-refractivity contribution in [1.29, 1.82) is 0 Å². The number of hydrogen-bond acceptors (Lipinski definition) is 3. The molecule has 2 heterocycles. The fraction of sp³-hybridized carbons (Fsp3) is 0.0667. The summed E-state index contributed by atoms with van der Waals surface area (Å²) in [7, 11) is 0. The van der Waals surface area contributed by atoms with Gasteiger partial charge in [0.25, 0.3) is 0 Å². The second-order valence-corrected chi connectivity index (χ2v) is 4.11. The number of aromatic nitrogens is 1. The molecule has 0 aliphatic carbocycles. The molecule has 0 fully saturated rings. The molecule has 2 aromatic heterocycles. The number of nitrogens with zero attached hydrogens (tertiary/aromatic N) is 1. The molecule has 0 atom stereocenters. The summed E-state index contributed by atoms with van der Waals surface area (Å²) in [6, 6.07) is 13.4. The van der Waals surface area contributed by atoms with E-state index in [2.05, 4.69) is 4.98 Å². The average Bonchev–Trinajstić information content (AvgIpc) is 2.92. The number of fused-ring (bicyclic) bond motifs is 1. The Hall–Kier alpha value is -2.42. The second-order valence-electron chi connectivity index (χ2n) is 4.11. The topological polar surface area (TPSA) is 43.1 Å². The van der Waals surface area contributed by atoms with Gasteiger partial charge in [-0.15, -0.1) is 0 Å². The maximum atomic E-state index is 11.9. The molecule has 0 spiro atoms. The standard InChI is InChI=1S/C15H11NO2/c17-15(12-7-8-18-10-12)9-13-6-5-11-3-1-2-4-14(11)16-13/h1-8,10H,9H2. The van der Waals surface area contributed by atoms with Gasteiger partial charge in [0.1, 0.15) is 6.26 Å². The van der Waals surface area contributed by atoms with Crippen LogP contribution in [0.25, 0.3) is 10.9 Å². The van der Waals surface area contributed by atoms with Gasteiger partial charge in [-0.05, 0) is 18.2 Å². The van der Waals surface area contributed by atoms with Crippen LogP contribution in [0.1, 0.15) is 16.1 Å². The van der Waals surface area contributed by atoms with E-state index in [9.17, 15) is 4.79 Å². The Morgan fingerprint density at radius 2 is 2.00 bits per heavy atom. The van der Waals surface area contributed by atoms with Crippen LogP contribution in [-0.2, 0) is 6.42 Å². The Balaban J connectivity index is 1.89. The van der Waals surface area contributed by atoms with Crippen molar-refractivity contribution >= 4 is 16.7 Å². The van der Waals surface area contributed by atoms with Crippen LogP contribution in [0.4, 0.5) is 0 Å². The molecule has 1 aromatic carbocycles. The molecule has 3 nitrogen and oxygen atoms in total. The summed E-state index contributed by atoms with van der Waals surface area (Å²) in [5, 5.41) is 1.08. The molecule has 0 saturated carbocycles. The van der Waals surface area contributed by atoms with Crippen LogP contribution >= 0.6 is 0 Å². The first kappa shape index (κ1) is 10.7. The number of benzene rings is 1. The molecular formula is C15H11NO2. The average molecular weight is 237 g/mol. The zero-order chi connectivity index (χ0) is 12.4. The molecule has 0 bridgehead atoms. The van der Waals surface area contributed by atoms with Gasteiger partial charge in [-0.2, -0.15) is 0 Å². The van der Waals surface area contributed by atoms with E-state index in [0.29, 0.717) is 12.0 Å². The number of rotatable bonds is 3. The highest BCUT2D eigenvalue weighted by Gasteiger charge is 2.09. The highest BCUT2D eigenvalue weighted by molar-refractivity contribution is 5.97. The summed E-state index contributed by atoms with van der Waals surface area (Å²) in [5.74, 6) is 0.0199. The molecule has 3 aromatic rings. The summed E-state index contributed by atoms with van der Waals surface area (Å²) >= 11 is 0. The predicted octanol–water partition coefficient (Wildman–Crippen LogP) is 3.25. The van der Waals surface area contributed by atoms with Crippen LogP contribution < -0.4 is 0 Å². The largest absolute Gasteiger partial charge is 0.472 e. The van der Waals surface area contributed by atoms with Crippen LogP contribution in [0, 0.1) is 0 Å². The van der Waals surface area contributed by atoms with Crippen molar-refractivity contribution in [2.45, 2.75) is 6.42 Å². The van der Waals surface area contributed by atoms with Crippen molar-refractivity contribution in [2.75, 3.05) is 0 Å². The molecule has 0 amide bonds. The summed E-state index contributed by atoms with van der Waals surface area (Å²) in [4.78, 5) is 16.4. The lowest BCUT2D eigenvalue weighted by Crippen LogP contribution is -2.03. The van der Waals surface area contributed by atoms with Gasteiger partial charge in [0.2, 0.25) is 0 Å². The Bertz CT molecular complexity index is 687. The Kier molecular flexibility index (Phi) is 2.65. The lowest BCUT2D eigenvalue weighted by molar-refractivity contribution is 0.0991. The number of hydrogen-bond donors (Lipinski definition) is 0. The van der Waals surface area contributed by atoms with E-state index in [4.69, 9.17) is 4.42 Å². The van der Waals surface area contributed by atoms with E-state index in [-0.39, 0.29) is 5.78 Å². The van der Waals surface area contributed by atoms with Crippen LogP contribution in [0.5, 0.6) is 0 Å². The van der Waals surface area contributed by atoms with E-state index in [1.165, 1.54) is 12.5 Å². The summed E-state index contributed by atoms with van der Waals surface area (Å²) in [6.07, 6.45) is 3.26. The molecule has 0 aliphatic heterocycles. The van der Waals surface area contributed by atoms with Crippen molar-refractivity contribution in [1.82, 2.24) is 4.98 Å². The van der Waals surface area contributed by atoms with E-state index in [1.807, 2.05) is 36.4 Å². The van der Waals surface area contributed by atoms with Crippen molar-refractivity contribution in [2.24, 2.45) is 0 Å². The zero-order valence-corrected chi connectivity index (χ0v) is 9.67. The van der Waals surface area contributed by atoms with Crippen LogP contribution in [0.15, 0.2) is 59.4 Å². The quantitative estimate of drug-likeness (QED) is 0.657. The molecule has 0 N–H and O–H groups in total. The van der Waals surface area contributed by atoms with Crippen molar-refractivity contribution < 1.29 is 9.21 Å². The predicted molar refractivity (Wildman–Crippen MR) is 68.5 cm³/mol. The number of furan rings is 1. The number of para-hydroxylation sites is 1. The molecule has 0 saturated heterocycles. The Morgan fingerprint density at radius 3 is 2.83 bits per heavy atom. The van der Waals surface area contributed by atoms with Gasteiger partial charge in [0, 0.05) is 11.1 Å². The normalized spacial score (nSPS) is 10.7. The second kappa shape index (κ2) is 4.45. The lowest BCUT2D eigenvalue weighted by atomic mass is 10.1. The molecule has 18 heavy (non-hydrogen) atoms. The van der Waals surface area contributed by atoms with Gasteiger partial charge in [-0.3, -0.25) is 9.78 Å². The minimum Gasteiger partial charge on any atom is -0.472 e. The third kappa shape index (κ3) is 2.02. The Morgan fingerprint density at radius 1 is 1.11 bits per heavy atom. The number of ketones is 1. The minimum absolute atomic E-state index is 0.0199. The molecule has 0 aliphatic rings. The van der Waals surface area contributed by atoms with Crippen LogP contribution in [0.3, 0.4) is 0 Å². The first-order chi connectivity index (χ1) is 8.83. The first-order valence-electron chi connectivity index (χ1n) is 5.73. The molecule has 3 heteroatoms. The van der Waals surface area contributed by atoms with E-state index >= 15 is 0 Å². The maximum Gasteiger partial charge on any atom is 0.172 e. The van der Waals surface area contributed by atoms with Crippen molar-refractivity contribution in [3.63, 3.8) is 0 Å². The summed E-state index contributed by atoms with van der Waals surface area (Å²) < 4.78 is 4.90. The number of carbonyl (C=O) groups excluding carboxylic acids is 1. The van der Waals surface area contributed by atoms with Gasteiger partial charge in [-0.1, -0.05) is 24.3 Å². The lowest BCUT2D eigenvalue weighted by Gasteiger charge is -2.01. The molecule has 0 unspecified atom stereocenters. The van der Waals surface area contributed by atoms with Crippen molar-refractivity contribution in [3.8, 4) is 0 Å². The van der Waals surface area contributed by atoms with Gasteiger partial charge in [0.05, 0.1) is 23.8 Å². The SMILES string of the molecule is O=C(Cc1ccc2ccccc2n1)c1ccoc1. The Labute approximate surface area is 104 Å². The van der Waals surface area contributed by atoms with Gasteiger partial charge < -0.3 is 4.42 Å². The fourth-order valence-electron chi connectivity index (χ4n) is 1.90. The molecule has 3 rings (SSSR count).